The van der Waals surface area contributed by atoms with Crippen molar-refractivity contribution in [2.24, 2.45) is 0 Å². The second-order valence-corrected chi connectivity index (χ2v) is 6.85. The van der Waals surface area contributed by atoms with E-state index in [1.54, 1.807) is 6.20 Å². The first-order valence-electron chi connectivity index (χ1n) is 6.82. The van der Waals surface area contributed by atoms with Crippen LogP contribution in [0.1, 0.15) is 26.5 Å². The highest BCUT2D eigenvalue weighted by molar-refractivity contribution is 9.10. The third-order valence-corrected chi connectivity index (χ3v) is 3.80. The van der Waals surface area contributed by atoms with Crippen LogP contribution in [0.15, 0.2) is 47.1 Å². The molecule has 5 heteroatoms. The van der Waals surface area contributed by atoms with Gasteiger partial charge >= 0.3 is 0 Å². The number of nitrogens with one attached hydrogen (secondary N) is 1. The minimum absolute atomic E-state index is 0.0292. The molecule has 0 unspecified atom stereocenters. The highest BCUT2D eigenvalue weighted by Crippen LogP contribution is 2.28. The van der Waals surface area contributed by atoms with Crippen LogP contribution < -0.4 is 5.32 Å². The smallest absolute Gasteiger partial charge is 0.171 e. The van der Waals surface area contributed by atoms with Crippen molar-refractivity contribution >= 4 is 33.1 Å². The largest absolute Gasteiger partial charge is 0.340 e. The molecule has 0 bridgehead atoms. The summed E-state index contributed by atoms with van der Waals surface area (Å²) in [7, 11) is 0. The molecule has 108 valence electrons. The highest BCUT2D eigenvalue weighted by Gasteiger charge is 2.19. The van der Waals surface area contributed by atoms with Gasteiger partial charge in [0, 0.05) is 17.2 Å². The molecule has 0 aliphatic carbocycles. The van der Waals surface area contributed by atoms with Crippen LogP contribution in [0.5, 0.6) is 0 Å². The summed E-state index contributed by atoms with van der Waals surface area (Å²) in [4.78, 5) is 4.72. The van der Waals surface area contributed by atoms with E-state index in [4.69, 9.17) is 4.98 Å². The van der Waals surface area contributed by atoms with Crippen LogP contribution in [0, 0.1) is 0 Å². The van der Waals surface area contributed by atoms with Crippen LogP contribution in [0.2, 0.25) is 0 Å². The summed E-state index contributed by atoms with van der Waals surface area (Å²) < 4.78 is 2.71. The fraction of sp³-hybridized carbons (Fsp3) is 0.250. The Morgan fingerprint density at radius 2 is 1.86 bits per heavy atom. The standard InChI is InChI=1S/C16H17BrN4/c1-16(2,3)13-9-14(19-11-7-5-4-6-8-11)21-15(20-13)12(17)10-18-21/h4-10,19H,1-3H3. The second-order valence-electron chi connectivity index (χ2n) is 6.00. The van der Waals surface area contributed by atoms with Gasteiger partial charge in [0.2, 0.25) is 0 Å². The van der Waals surface area contributed by atoms with Crippen molar-refractivity contribution in [1.82, 2.24) is 14.6 Å². The van der Waals surface area contributed by atoms with Crippen molar-refractivity contribution in [3.8, 4) is 0 Å². The Labute approximate surface area is 132 Å². The number of fused-ring (bicyclic) bond motifs is 1. The maximum atomic E-state index is 4.72. The van der Waals surface area contributed by atoms with Gasteiger partial charge in [-0.15, -0.1) is 0 Å². The first-order valence-corrected chi connectivity index (χ1v) is 7.61. The van der Waals surface area contributed by atoms with Crippen molar-refractivity contribution in [3.63, 3.8) is 0 Å². The fourth-order valence-corrected chi connectivity index (χ4v) is 2.43. The monoisotopic (exact) mass is 344 g/mol. The summed E-state index contributed by atoms with van der Waals surface area (Å²) in [6, 6.07) is 12.1. The predicted octanol–water partition coefficient (Wildman–Crippen LogP) is 4.53. The van der Waals surface area contributed by atoms with Crippen LogP contribution >= 0.6 is 15.9 Å². The molecule has 21 heavy (non-hydrogen) atoms. The number of para-hydroxylation sites is 1. The molecular weight excluding hydrogens is 328 g/mol. The van der Waals surface area contributed by atoms with E-state index in [1.165, 1.54) is 0 Å². The third-order valence-electron chi connectivity index (χ3n) is 3.24. The van der Waals surface area contributed by atoms with Gasteiger partial charge in [-0.3, -0.25) is 0 Å². The lowest BCUT2D eigenvalue weighted by Crippen LogP contribution is -2.15. The molecule has 0 saturated heterocycles. The third kappa shape index (κ3) is 2.78. The number of aromatic nitrogens is 3. The zero-order valence-corrected chi connectivity index (χ0v) is 13.8. The zero-order chi connectivity index (χ0) is 15.0. The van der Waals surface area contributed by atoms with E-state index >= 15 is 0 Å². The molecular formula is C16H17BrN4. The molecule has 0 saturated carbocycles. The average molecular weight is 345 g/mol. The van der Waals surface area contributed by atoms with E-state index in [1.807, 2.05) is 34.8 Å². The number of hydrogen-bond donors (Lipinski definition) is 1. The summed E-state index contributed by atoms with van der Waals surface area (Å²) in [6.07, 6.45) is 1.77. The van der Waals surface area contributed by atoms with Crippen molar-refractivity contribution < 1.29 is 0 Å². The van der Waals surface area contributed by atoms with Crippen molar-refractivity contribution in [2.75, 3.05) is 5.32 Å². The normalized spacial score (nSPS) is 11.8. The van der Waals surface area contributed by atoms with Gasteiger partial charge in [0.1, 0.15) is 5.82 Å². The summed E-state index contributed by atoms with van der Waals surface area (Å²) in [5, 5.41) is 7.79. The second kappa shape index (κ2) is 5.15. The van der Waals surface area contributed by atoms with Crippen molar-refractivity contribution in [2.45, 2.75) is 26.2 Å². The van der Waals surface area contributed by atoms with Crippen molar-refractivity contribution in [3.05, 3.63) is 52.8 Å². The predicted molar refractivity (Wildman–Crippen MR) is 89.1 cm³/mol. The molecule has 0 atom stereocenters. The molecule has 4 nitrogen and oxygen atoms in total. The lowest BCUT2D eigenvalue weighted by Gasteiger charge is -2.19. The van der Waals surface area contributed by atoms with Crippen molar-refractivity contribution in [1.29, 1.82) is 0 Å². The minimum Gasteiger partial charge on any atom is -0.340 e. The molecule has 0 aliphatic rings. The molecule has 0 spiro atoms. The lowest BCUT2D eigenvalue weighted by molar-refractivity contribution is 0.569. The number of hydrogen-bond acceptors (Lipinski definition) is 3. The van der Waals surface area contributed by atoms with E-state index in [0.717, 1.165) is 27.3 Å². The Bertz CT molecular complexity index is 772. The first kappa shape index (κ1) is 14.1. The van der Waals surface area contributed by atoms with Crippen LogP contribution in [-0.4, -0.2) is 14.6 Å². The molecule has 0 fully saturated rings. The summed E-state index contributed by atoms with van der Waals surface area (Å²) in [6.45, 7) is 6.47. The van der Waals surface area contributed by atoms with E-state index < -0.39 is 0 Å². The van der Waals surface area contributed by atoms with Gasteiger partial charge < -0.3 is 5.32 Å². The van der Waals surface area contributed by atoms with E-state index in [-0.39, 0.29) is 5.41 Å². The molecule has 0 radical (unpaired) electrons. The Morgan fingerprint density at radius 1 is 1.14 bits per heavy atom. The number of rotatable bonds is 2. The number of halogens is 1. The Hall–Kier alpha value is -1.88. The number of anilines is 2. The zero-order valence-electron chi connectivity index (χ0n) is 12.3. The molecule has 1 N–H and O–H groups in total. The van der Waals surface area contributed by atoms with Crippen LogP contribution in [0.3, 0.4) is 0 Å². The van der Waals surface area contributed by atoms with Gasteiger partial charge in [0.25, 0.3) is 0 Å². The topological polar surface area (TPSA) is 42.2 Å². The van der Waals surface area contributed by atoms with Gasteiger partial charge in [0.05, 0.1) is 16.4 Å². The Morgan fingerprint density at radius 3 is 2.52 bits per heavy atom. The van der Waals surface area contributed by atoms with Crippen LogP contribution in [-0.2, 0) is 5.41 Å². The van der Waals surface area contributed by atoms with E-state index in [0.29, 0.717) is 0 Å². The highest BCUT2D eigenvalue weighted by atomic mass is 79.9. The van der Waals surface area contributed by atoms with Gasteiger partial charge in [0.15, 0.2) is 5.65 Å². The molecule has 2 heterocycles. The molecule has 3 aromatic rings. The SMILES string of the molecule is CC(C)(C)c1cc(Nc2ccccc2)n2ncc(Br)c2n1. The molecule has 2 aromatic heterocycles. The van der Waals surface area contributed by atoms with Gasteiger partial charge in [-0.1, -0.05) is 39.0 Å². The van der Waals surface area contributed by atoms with Gasteiger partial charge in [-0.2, -0.15) is 9.61 Å². The quantitative estimate of drug-likeness (QED) is 0.742. The van der Waals surface area contributed by atoms with E-state index in [9.17, 15) is 0 Å². The molecule has 3 rings (SSSR count). The summed E-state index contributed by atoms with van der Waals surface area (Å²) in [5.74, 6) is 0.904. The summed E-state index contributed by atoms with van der Waals surface area (Å²) in [5.41, 5.74) is 2.84. The lowest BCUT2D eigenvalue weighted by atomic mass is 9.92. The van der Waals surface area contributed by atoms with Crippen LogP contribution in [0.4, 0.5) is 11.5 Å². The maximum absolute atomic E-state index is 4.72. The number of benzene rings is 1. The van der Waals surface area contributed by atoms with E-state index in [2.05, 4.69) is 53.2 Å². The molecule has 0 amide bonds. The molecule has 1 aromatic carbocycles. The Balaban J connectivity index is 2.16. The summed E-state index contributed by atoms with van der Waals surface area (Å²) >= 11 is 3.51. The Kier molecular flexibility index (Phi) is 3.45. The average Bonchev–Trinajstić information content (AvgIpc) is 2.81. The fourth-order valence-electron chi connectivity index (χ4n) is 2.08. The number of nitrogens with zero attached hydrogens (tertiary/aromatic N) is 3. The van der Waals surface area contributed by atoms with Gasteiger partial charge in [-0.25, -0.2) is 4.98 Å². The van der Waals surface area contributed by atoms with Gasteiger partial charge in [-0.05, 0) is 28.1 Å². The maximum Gasteiger partial charge on any atom is 0.171 e. The van der Waals surface area contributed by atoms with Crippen LogP contribution in [0.25, 0.3) is 5.65 Å². The minimum atomic E-state index is -0.0292. The first-order chi connectivity index (χ1) is 9.95. The molecule has 0 aliphatic heterocycles.